The van der Waals surface area contributed by atoms with Gasteiger partial charge in [0.25, 0.3) is 0 Å². The van der Waals surface area contributed by atoms with Crippen molar-refractivity contribution in [3.63, 3.8) is 0 Å². The van der Waals surface area contributed by atoms with Crippen molar-refractivity contribution in [1.29, 1.82) is 0 Å². The number of benzene rings is 2. The fourth-order valence-electron chi connectivity index (χ4n) is 3.17. The summed E-state index contributed by atoms with van der Waals surface area (Å²) in [6.45, 7) is 1.73. The highest BCUT2D eigenvalue weighted by Gasteiger charge is 2.24. The number of likely N-dealkylation sites (tertiary alicyclic amines) is 1. The lowest BCUT2D eigenvalue weighted by molar-refractivity contribution is 0.310. The van der Waals surface area contributed by atoms with Crippen molar-refractivity contribution < 1.29 is 9.13 Å². The molecule has 0 bridgehead atoms. The monoisotopic (exact) mass is 378 g/mol. The summed E-state index contributed by atoms with van der Waals surface area (Å²) in [7, 11) is 1.71. The van der Waals surface area contributed by atoms with Gasteiger partial charge in [0.1, 0.15) is 11.6 Å². The van der Waals surface area contributed by atoms with E-state index in [4.69, 9.17) is 28.6 Å². The van der Waals surface area contributed by atoms with Crippen molar-refractivity contribution in [2.24, 2.45) is 0 Å². The number of anilines is 1. The van der Waals surface area contributed by atoms with Crippen molar-refractivity contribution in [2.45, 2.75) is 18.8 Å². The summed E-state index contributed by atoms with van der Waals surface area (Å²) in [5.74, 6) is 0.980. The molecule has 0 spiro atoms. The lowest BCUT2D eigenvalue weighted by Gasteiger charge is -2.34. The van der Waals surface area contributed by atoms with E-state index in [0.717, 1.165) is 31.7 Å². The highest BCUT2D eigenvalue weighted by atomic mass is 35.5. The molecule has 25 heavy (non-hydrogen) atoms. The molecule has 0 unspecified atom stereocenters. The van der Waals surface area contributed by atoms with Gasteiger partial charge in [-0.05, 0) is 60.8 Å². The molecule has 1 N–H and O–H groups in total. The second-order valence-corrected chi connectivity index (χ2v) is 6.86. The van der Waals surface area contributed by atoms with Gasteiger partial charge in [0.2, 0.25) is 0 Å². The molecule has 132 valence electrons. The maximum absolute atomic E-state index is 13.2. The summed E-state index contributed by atoms with van der Waals surface area (Å²) in [5.41, 5.74) is 1.96. The number of thiocarbonyl (C=S) groups is 1. The van der Waals surface area contributed by atoms with Crippen molar-refractivity contribution in [3.8, 4) is 5.75 Å². The summed E-state index contributed by atoms with van der Waals surface area (Å²) in [6, 6.07) is 12.7. The van der Waals surface area contributed by atoms with E-state index in [1.54, 1.807) is 19.2 Å². The maximum Gasteiger partial charge on any atom is 0.173 e. The number of methoxy groups -OCH3 is 1. The van der Waals surface area contributed by atoms with Gasteiger partial charge in [-0.3, -0.25) is 0 Å². The standard InChI is InChI=1S/C19H20ClFN2OS/c1-24-18-5-3-2-4-15(18)13-8-10-23(11-9-13)19(25)22-14-6-7-17(21)16(20)12-14/h2-7,12-13H,8-11H2,1H3,(H,22,25). The molecule has 0 saturated carbocycles. The van der Waals surface area contributed by atoms with E-state index in [1.165, 1.54) is 11.6 Å². The fraction of sp³-hybridized carbons (Fsp3) is 0.316. The van der Waals surface area contributed by atoms with Crippen LogP contribution in [0.25, 0.3) is 0 Å². The number of halogens is 2. The lowest BCUT2D eigenvalue weighted by Crippen LogP contribution is -2.40. The molecule has 2 aromatic carbocycles. The molecule has 0 radical (unpaired) electrons. The molecule has 1 heterocycles. The molecular weight excluding hydrogens is 359 g/mol. The van der Waals surface area contributed by atoms with Crippen LogP contribution < -0.4 is 10.1 Å². The third-order valence-electron chi connectivity index (χ3n) is 4.53. The number of hydrogen-bond acceptors (Lipinski definition) is 2. The first kappa shape index (κ1) is 18.0. The zero-order valence-electron chi connectivity index (χ0n) is 14.0. The van der Waals surface area contributed by atoms with E-state index >= 15 is 0 Å². The molecule has 6 heteroatoms. The summed E-state index contributed by atoms with van der Waals surface area (Å²) >= 11 is 11.3. The van der Waals surface area contributed by atoms with Crippen molar-refractivity contribution in [1.82, 2.24) is 4.90 Å². The van der Waals surface area contributed by atoms with Crippen LogP contribution in [0.1, 0.15) is 24.3 Å². The normalized spacial score (nSPS) is 15.1. The number of piperidine rings is 1. The van der Waals surface area contributed by atoms with E-state index in [2.05, 4.69) is 22.3 Å². The van der Waals surface area contributed by atoms with Crippen LogP contribution in [0.5, 0.6) is 5.75 Å². The molecule has 0 atom stereocenters. The van der Waals surface area contributed by atoms with Crippen LogP contribution >= 0.6 is 23.8 Å². The molecular formula is C19H20ClFN2OS. The Balaban J connectivity index is 1.60. The molecule has 0 amide bonds. The van der Waals surface area contributed by atoms with Crippen molar-refractivity contribution >= 4 is 34.6 Å². The van der Waals surface area contributed by atoms with Crippen LogP contribution in [0, 0.1) is 5.82 Å². The molecule has 0 aromatic heterocycles. The van der Waals surface area contributed by atoms with Gasteiger partial charge in [-0.15, -0.1) is 0 Å². The van der Waals surface area contributed by atoms with Gasteiger partial charge in [-0.2, -0.15) is 0 Å². The largest absolute Gasteiger partial charge is 0.496 e. The van der Waals surface area contributed by atoms with Crippen molar-refractivity contribution in [3.05, 3.63) is 58.9 Å². The third kappa shape index (κ3) is 4.22. The van der Waals surface area contributed by atoms with E-state index in [-0.39, 0.29) is 5.02 Å². The number of rotatable bonds is 3. The SMILES string of the molecule is COc1ccccc1C1CCN(C(=S)Nc2ccc(F)c(Cl)c2)CC1. The summed E-state index contributed by atoms with van der Waals surface area (Å²) in [5, 5.41) is 3.86. The van der Waals surface area contributed by atoms with E-state index in [9.17, 15) is 4.39 Å². The number of para-hydroxylation sites is 1. The first-order valence-corrected chi connectivity index (χ1v) is 9.01. The second kappa shape index (κ2) is 8.02. The Morgan fingerprint density at radius 1 is 1.24 bits per heavy atom. The predicted molar refractivity (Wildman–Crippen MR) is 104 cm³/mol. The molecule has 0 aliphatic carbocycles. The smallest absolute Gasteiger partial charge is 0.173 e. The van der Waals surface area contributed by atoms with Crippen molar-refractivity contribution in [2.75, 3.05) is 25.5 Å². The van der Waals surface area contributed by atoms with Gasteiger partial charge in [0, 0.05) is 18.8 Å². The lowest BCUT2D eigenvalue weighted by atomic mass is 9.89. The molecule has 1 aliphatic rings. The van der Waals surface area contributed by atoms with Gasteiger partial charge in [-0.1, -0.05) is 29.8 Å². The first-order chi connectivity index (χ1) is 12.1. The Labute approximate surface area is 157 Å². The van der Waals surface area contributed by atoms with E-state index < -0.39 is 5.82 Å². The first-order valence-electron chi connectivity index (χ1n) is 8.22. The Bertz CT molecular complexity index is 763. The number of nitrogens with zero attached hydrogens (tertiary/aromatic N) is 1. The van der Waals surface area contributed by atoms with Gasteiger partial charge in [0.15, 0.2) is 5.11 Å². The molecule has 1 aliphatic heterocycles. The summed E-state index contributed by atoms with van der Waals surface area (Å²) in [6.07, 6.45) is 2.01. The topological polar surface area (TPSA) is 24.5 Å². The van der Waals surface area contributed by atoms with Gasteiger partial charge in [-0.25, -0.2) is 4.39 Å². The quantitative estimate of drug-likeness (QED) is 0.754. The van der Waals surface area contributed by atoms with Gasteiger partial charge >= 0.3 is 0 Å². The molecule has 3 rings (SSSR count). The van der Waals surface area contributed by atoms with Crippen LogP contribution in [0.4, 0.5) is 10.1 Å². The van der Waals surface area contributed by atoms with Gasteiger partial charge in [0.05, 0.1) is 12.1 Å². The Morgan fingerprint density at radius 3 is 2.64 bits per heavy atom. The van der Waals surface area contributed by atoms with Crippen LogP contribution in [0.3, 0.4) is 0 Å². The van der Waals surface area contributed by atoms with Crippen LogP contribution in [-0.4, -0.2) is 30.2 Å². The highest BCUT2D eigenvalue weighted by Crippen LogP contribution is 2.34. The zero-order valence-corrected chi connectivity index (χ0v) is 15.5. The number of ether oxygens (including phenoxy) is 1. The molecule has 2 aromatic rings. The second-order valence-electron chi connectivity index (χ2n) is 6.06. The minimum Gasteiger partial charge on any atom is -0.496 e. The van der Waals surface area contributed by atoms with E-state index in [0.29, 0.717) is 16.7 Å². The molecule has 1 fully saturated rings. The van der Waals surface area contributed by atoms with Crippen LogP contribution in [0.15, 0.2) is 42.5 Å². The van der Waals surface area contributed by atoms with E-state index in [1.807, 2.05) is 12.1 Å². The Hall–Kier alpha value is -1.85. The average Bonchev–Trinajstić information content (AvgIpc) is 2.65. The maximum atomic E-state index is 13.2. The third-order valence-corrected chi connectivity index (χ3v) is 5.18. The Kier molecular flexibility index (Phi) is 5.76. The number of hydrogen-bond donors (Lipinski definition) is 1. The fourth-order valence-corrected chi connectivity index (χ4v) is 3.65. The summed E-state index contributed by atoms with van der Waals surface area (Å²) < 4.78 is 18.7. The Morgan fingerprint density at radius 2 is 1.96 bits per heavy atom. The summed E-state index contributed by atoms with van der Waals surface area (Å²) in [4.78, 5) is 2.14. The zero-order chi connectivity index (χ0) is 17.8. The predicted octanol–water partition coefficient (Wildman–Crippen LogP) is 5.06. The minimum absolute atomic E-state index is 0.0858. The average molecular weight is 379 g/mol. The highest BCUT2D eigenvalue weighted by molar-refractivity contribution is 7.80. The van der Waals surface area contributed by atoms with Gasteiger partial charge < -0.3 is 15.0 Å². The minimum atomic E-state index is -0.434. The van der Waals surface area contributed by atoms with Crippen LogP contribution in [0.2, 0.25) is 5.02 Å². The molecule has 1 saturated heterocycles. The number of nitrogens with one attached hydrogen (secondary N) is 1. The van der Waals surface area contributed by atoms with Crippen LogP contribution in [-0.2, 0) is 0 Å². The molecule has 3 nitrogen and oxygen atoms in total.